The summed E-state index contributed by atoms with van der Waals surface area (Å²) < 4.78 is 0. The molecule has 0 saturated carbocycles. The Bertz CT molecular complexity index is 710. The van der Waals surface area contributed by atoms with Crippen LogP contribution in [0.15, 0.2) is 66.4 Å². The molecule has 0 saturated heterocycles. The van der Waals surface area contributed by atoms with Crippen molar-refractivity contribution in [1.29, 1.82) is 0 Å². The van der Waals surface area contributed by atoms with E-state index in [4.69, 9.17) is 11.6 Å². The number of carbonyl (C=O) groups excluding carboxylic acids is 1. The number of rotatable bonds is 5. The molecule has 0 aromatic heterocycles. The van der Waals surface area contributed by atoms with Gasteiger partial charge in [0.2, 0.25) is 5.91 Å². The third-order valence-corrected chi connectivity index (χ3v) is 4.57. The molecule has 2 aromatic carbocycles. The minimum absolute atomic E-state index is 0.0524. The topological polar surface area (TPSA) is 41.1 Å². The molecule has 0 radical (unpaired) electrons. The zero-order chi connectivity index (χ0) is 16.8. The molecule has 3 rings (SSSR count). The van der Waals surface area contributed by atoms with Crippen LogP contribution in [0.25, 0.3) is 0 Å². The summed E-state index contributed by atoms with van der Waals surface area (Å²) in [6.45, 7) is 0. The maximum absolute atomic E-state index is 12.0. The van der Waals surface area contributed by atoms with Crippen LogP contribution in [0, 0.1) is 0 Å². The van der Waals surface area contributed by atoms with Crippen molar-refractivity contribution in [1.82, 2.24) is 10.9 Å². The first-order valence-corrected chi connectivity index (χ1v) is 8.62. The SMILES string of the molecule is O=C(Cc1ccc(Cl)cc1)NNC1=CCC(c2ccccc2)CC1. The Kier molecular flexibility index (Phi) is 5.55. The van der Waals surface area contributed by atoms with Crippen LogP contribution in [0.5, 0.6) is 0 Å². The van der Waals surface area contributed by atoms with Crippen LogP contribution in [-0.2, 0) is 11.2 Å². The number of hydrogen-bond donors (Lipinski definition) is 2. The minimum Gasteiger partial charge on any atom is -0.303 e. The molecule has 3 nitrogen and oxygen atoms in total. The van der Waals surface area contributed by atoms with Gasteiger partial charge in [0.05, 0.1) is 6.42 Å². The van der Waals surface area contributed by atoms with Crippen molar-refractivity contribution in [2.45, 2.75) is 31.6 Å². The molecule has 0 heterocycles. The molecule has 24 heavy (non-hydrogen) atoms. The second kappa shape index (κ2) is 8.02. The van der Waals surface area contributed by atoms with E-state index < -0.39 is 0 Å². The molecule has 1 atom stereocenters. The van der Waals surface area contributed by atoms with Gasteiger partial charge in [-0.15, -0.1) is 0 Å². The first kappa shape index (κ1) is 16.6. The van der Waals surface area contributed by atoms with E-state index in [1.54, 1.807) is 12.1 Å². The van der Waals surface area contributed by atoms with Gasteiger partial charge in [0.15, 0.2) is 0 Å². The summed E-state index contributed by atoms with van der Waals surface area (Å²) in [5.41, 5.74) is 9.26. The lowest BCUT2D eigenvalue weighted by Crippen LogP contribution is -2.38. The Morgan fingerprint density at radius 3 is 2.50 bits per heavy atom. The van der Waals surface area contributed by atoms with E-state index in [9.17, 15) is 4.79 Å². The summed E-state index contributed by atoms with van der Waals surface area (Å²) in [4.78, 5) is 12.0. The normalized spacial score (nSPS) is 17.0. The first-order valence-electron chi connectivity index (χ1n) is 8.24. The highest BCUT2D eigenvalue weighted by atomic mass is 35.5. The molecule has 1 aliphatic rings. The fourth-order valence-corrected chi connectivity index (χ4v) is 3.08. The van der Waals surface area contributed by atoms with E-state index in [1.165, 1.54) is 5.56 Å². The van der Waals surface area contributed by atoms with Crippen LogP contribution >= 0.6 is 11.6 Å². The highest BCUT2D eigenvalue weighted by Gasteiger charge is 2.16. The molecule has 0 fully saturated rings. The third kappa shape index (κ3) is 4.62. The summed E-state index contributed by atoms with van der Waals surface area (Å²) in [6, 6.07) is 17.9. The molecular weight excluding hydrogens is 320 g/mol. The number of halogens is 1. The van der Waals surface area contributed by atoms with Crippen molar-refractivity contribution in [3.63, 3.8) is 0 Å². The van der Waals surface area contributed by atoms with Crippen LogP contribution in [-0.4, -0.2) is 5.91 Å². The van der Waals surface area contributed by atoms with E-state index in [-0.39, 0.29) is 5.91 Å². The first-order chi connectivity index (χ1) is 11.7. The molecule has 4 heteroatoms. The largest absolute Gasteiger partial charge is 0.303 e. The molecule has 1 aliphatic carbocycles. The fraction of sp³-hybridized carbons (Fsp3) is 0.250. The predicted octanol–water partition coefficient (Wildman–Crippen LogP) is 4.35. The van der Waals surface area contributed by atoms with Gasteiger partial charge >= 0.3 is 0 Å². The molecule has 1 amide bonds. The van der Waals surface area contributed by atoms with Crippen LogP contribution in [0.1, 0.15) is 36.3 Å². The van der Waals surface area contributed by atoms with Gasteiger partial charge in [0.25, 0.3) is 0 Å². The standard InChI is InChI=1S/C20H21ClN2O/c21-18-10-6-15(7-11-18)14-20(24)23-22-19-12-8-17(9-13-19)16-4-2-1-3-5-16/h1-7,10-12,17,22H,8-9,13-14H2,(H,23,24). The van der Waals surface area contributed by atoms with Gasteiger partial charge in [-0.3, -0.25) is 10.2 Å². The predicted molar refractivity (Wildman–Crippen MR) is 97.6 cm³/mol. The van der Waals surface area contributed by atoms with Gasteiger partial charge < -0.3 is 5.43 Å². The lowest BCUT2D eigenvalue weighted by molar-refractivity contribution is -0.121. The number of hydrazine groups is 1. The van der Waals surface area contributed by atoms with Crippen LogP contribution in [0.2, 0.25) is 5.02 Å². The van der Waals surface area contributed by atoms with Crippen molar-refractivity contribution in [3.8, 4) is 0 Å². The maximum Gasteiger partial charge on any atom is 0.242 e. The molecular formula is C20H21ClN2O. The molecule has 0 spiro atoms. The highest BCUT2D eigenvalue weighted by Crippen LogP contribution is 2.30. The average molecular weight is 341 g/mol. The summed E-state index contributed by atoms with van der Waals surface area (Å²) in [5.74, 6) is 0.518. The van der Waals surface area contributed by atoms with Gasteiger partial charge in [-0.05, 0) is 48.4 Å². The molecule has 1 unspecified atom stereocenters. The zero-order valence-corrected chi connectivity index (χ0v) is 14.2. The van der Waals surface area contributed by atoms with Gasteiger partial charge in [-0.1, -0.05) is 60.1 Å². The van der Waals surface area contributed by atoms with E-state index >= 15 is 0 Å². The van der Waals surface area contributed by atoms with Gasteiger partial charge in [0.1, 0.15) is 0 Å². The van der Waals surface area contributed by atoms with Crippen molar-refractivity contribution in [2.24, 2.45) is 0 Å². The van der Waals surface area contributed by atoms with Crippen molar-refractivity contribution >= 4 is 17.5 Å². The van der Waals surface area contributed by atoms with Crippen LogP contribution < -0.4 is 10.9 Å². The quantitative estimate of drug-likeness (QED) is 0.794. The van der Waals surface area contributed by atoms with Gasteiger partial charge in [0, 0.05) is 10.7 Å². The zero-order valence-electron chi connectivity index (χ0n) is 13.5. The highest BCUT2D eigenvalue weighted by molar-refractivity contribution is 6.30. The Hall–Kier alpha value is -2.26. The minimum atomic E-state index is -0.0524. The van der Waals surface area contributed by atoms with Crippen LogP contribution in [0.3, 0.4) is 0 Å². The molecule has 0 bridgehead atoms. The number of nitrogens with one attached hydrogen (secondary N) is 2. The van der Waals surface area contributed by atoms with E-state index in [2.05, 4.69) is 41.2 Å². The fourth-order valence-electron chi connectivity index (χ4n) is 2.96. The summed E-state index contributed by atoms with van der Waals surface area (Å²) in [6.07, 6.45) is 5.56. The van der Waals surface area contributed by atoms with Crippen molar-refractivity contribution in [3.05, 3.63) is 82.5 Å². The molecule has 2 aromatic rings. The second-order valence-electron chi connectivity index (χ2n) is 6.09. The molecule has 2 N–H and O–H groups in total. The second-order valence-corrected chi connectivity index (χ2v) is 6.52. The summed E-state index contributed by atoms with van der Waals surface area (Å²) in [7, 11) is 0. The van der Waals surface area contributed by atoms with E-state index in [1.807, 2.05) is 18.2 Å². The number of amides is 1. The lowest BCUT2D eigenvalue weighted by atomic mass is 9.87. The molecule has 0 aliphatic heterocycles. The van der Waals surface area contributed by atoms with Gasteiger partial charge in [-0.25, -0.2) is 0 Å². The van der Waals surface area contributed by atoms with Crippen LogP contribution in [0.4, 0.5) is 0 Å². The third-order valence-electron chi connectivity index (χ3n) is 4.32. The van der Waals surface area contributed by atoms with Gasteiger partial charge in [-0.2, -0.15) is 0 Å². The smallest absolute Gasteiger partial charge is 0.242 e. The monoisotopic (exact) mass is 340 g/mol. The van der Waals surface area contributed by atoms with E-state index in [0.717, 1.165) is 30.5 Å². The Labute approximate surface area is 147 Å². The summed E-state index contributed by atoms with van der Waals surface area (Å²) in [5, 5.41) is 0.678. The maximum atomic E-state index is 12.0. The molecule has 124 valence electrons. The summed E-state index contributed by atoms with van der Waals surface area (Å²) >= 11 is 5.85. The number of benzene rings is 2. The Morgan fingerprint density at radius 2 is 1.83 bits per heavy atom. The van der Waals surface area contributed by atoms with Crippen molar-refractivity contribution < 1.29 is 4.79 Å². The number of carbonyl (C=O) groups is 1. The number of allylic oxidation sites excluding steroid dienone is 2. The van der Waals surface area contributed by atoms with Crippen molar-refractivity contribution in [2.75, 3.05) is 0 Å². The Morgan fingerprint density at radius 1 is 1.08 bits per heavy atom. The average Bonchev–Trinajstić information content (AvgIpc) is 2.63. The number of hydrogen-bond acceptors (Lipinski definition) is 2. The lowest BCUT2D eigenvalue weighted by Gasteiger charge is -2.23. The van der Waals surface area contributed by atoms with E-state index in [0.29, 0.717) is 17.4 Å². The Balaban J connectivity index is 1.46.